The van der Waals surface area contributed by atoms with E-state index in [1.54, 1.807) is 38.3 Å². The van der Waals surface area contributed by atoms with Gasteiger partial charge in [-0.2, -0.15) is 0 Å². The van der Waals surface area contributed by atoms with E-state index in [2.05, 4.69) is 15.5 Å². The summed E-state index contributed by atoms with van der Waals surface area (Å²) in [7, 11) is -2.39. The molecule has 1 N–H and O–H groups in total. The maximum absolute atomic E-state index is 13.0. The lowest BCUT2D eigenvalue weighted by atomic mass is 10.2. The first-order valence-electron chi connectivity index (χ1n) is 9.66. The summed E-state index contributed by atoms with van der Waals surface area (Å²) in [5.41, 5.74) is 0.504. The van der Waals surface area contributed by atoms with E-state index in [4.69, 9.17) is 4.74 Å². The summed E-state index contributed by atoms with van der Waals surface area (Å²) in [6.45, 7) is 1.64. The Morgan fingerprint density at radius 1 is 1.24 bits per heavy atom. The predicted molar refractivity (Wildman–Crippen MR) is 125 cm³/mol. The van der Waals surface area contributed by atoms with Crippen LogP contribution in [-0.4, -0.2) is 48.9 Å². The van der Waals surface area contributed by atoms with Gasteiger partial charge in [-0.25, -0.2) is 8.42 Å². The number of nitrogens with one attached hydrogen (secondary N) is 1. The number of benzene rings is 2. The van der Waals surface area contributed by atoms with E-state index >= 15 is 0 Å². The molecule has 0 saturated carbocycles. The summed E-state index contributed by atoms with van der Waals surface area (Å²) in [5, 5.41) is 22.5. The smallest absolute Gasteiger partial charge is 0.271 e. The molecule has 0 saturated heterocycles. The first-order chi connectivity index (χ1) is 15.6. The molecule has 174 valence electrons. The fourth-order valence-corrected chi connectivity index (χ4v) is 5.07. The highest BCUT2D eigenvalue weighted by atomic mass is 32.2. The lowest BCUT2D eigenvalue weighted by Gasteiger charge is -2.29. The van der Waals surface area contributed by atoms with E-state index in [1.807, 2.05) is 0 Å². The molecule has 3 rings (SSSR count). The van der Waals surface area contributed by atoms with Crippen LogP contribution in [0.5, 0.6) is 5.75 Å². The summed E-state index contributed by atoms with van der Waals surface area (Å²) in [6, 6.07) is 11.1. The molecule has 0 bridgehead atoms. The van der Waals surface area contributed by atoms with E-state index in [-0.39, 0.29) is 22.9 Å². The van der Waals surface area contributed by atoms with Crippen LogP contribution >= 0.6 is 11.3 Å². The molecule has 13 heteroatoms. The number of hydrogen-bond acceptors (Lipinski definition) is 9. The highest BCUT2D eigenvalue weighted by Gasteiger charge is 2.32. The summed E-state index contributed by atoms with van der Waals surface area (Å²) in [4.78, 5) is 23.5. The van der Waals surface area contributed by atoms with Crippen LogP contribution < -0.4 is 14.4 Å². The molecule has 0 aliphatic carbocycles. The molecular formula is C20H21N5O6S2. The van der Waals surface area contributed by atoms with Gasteiger partial charge in [0.25, 0.3) is 5.69 Å². The minimum atomic E-state index is -3.95. The van der Waals surface area contributed by atoms with E-state index in [0.717, 1.165) is 33.5 Å². The number of non-ortho nitro benzene ring substituents is 1. The standard InChI is InChI=1S/C20H21N5O6S2/c1-4-17(24(33(3,29)30)14-6-5-7-15(12-14)25(27)28)18(26)21-20-23-22-19(32-20)13-8-10-16(31-2)11-9-13/h5-12,17H,4H2,1-3H3,(H,21,23,26). The van der Waals surface area contributed by atoms with Crippen molar-refractivity contribution < 1.29 is 22.9 Å². The van der Waals surface area contributed by atoms with Crippen LogP contribution in [0, 0.1) is 10.1 Å². The highest BCUT2D eigenvalue weighted by Crippen LogP contribution is 2.30. The minimum absolute atomic E-state index is 0.0184. The average molecular weight is 492 g/mol. The molecule has 1 amide bonds. The number of sulfonamides is 1. The number of carbonyl (C=O) groups excluding carboxylic acids is 1. The van der Waals surface area contributed by atoms with Gasteiger partial charge in [-0.05, 0) is 36.8 Å². The van der Waals surface area contributed by atoms with Crippen LogP contribution in [0.4, 0.5) is 16.5 Å². The zero-order chi connectivity index (χ0) is 24.2. The van der Waals surface area contributed by atoms with Gasteiger partial charge in [-0.3, -0.25) is 24.5 Å². The fourth-order valence-electron chi connectivity index (χ4n) is 3.12. The number of methoxy groups -OCH3 is 1. The second kappa shape index (κ2) is 9.92. The highest BCUT2D eigenvalue weighted by molar-refractivity contribution is 7.92. The molecule has 0 spiro atoms. The lowest BCUT2D eigenvalue weighted by Crippen LogP contribution is -2.47. The zero-order valence-corrected chi connectivity index (χ0v) is 19.6. The van der Waals surface area contributed by atoms with Crippen LogP contribution in [0.2, 0.25) is 0 Å². The van der Waals surface area contributed by atoms with Gasteiger partial charge in [0, 0.05) is 17.7 Å². The van der Waals surface area contributed by atoms with Crippen LogP contribution in [0.3, 0.4) is 0 Å². The number of carbonyl (C=O) groups is 1. The number of amides is 1. The quantitative estimate of drug-likeness (QED) is 0.354. The van der Waals surface area contributed by atoms with E-state index < -0.39 is 26.9 Å². The third-order valence-corrected chi connectivity index (χ3v) is 6.68. The Morgan fingerprint density at radius 3 is 2.52 bits per heavy atom. The number of nitro groups is 1. The van der Waals surface area contributed by atoms with Gasteiger partial charge in [0.1, 0.15) is 16.8 Å². The molecule has 0 radical (unpaired) electrons. The van der Waals surface area contributed by atoms with Gasteiger partial charge in [-0.1, -0.05) is 24.3 Å². The number of rotatable bonds is 9. The molecule has 1 atom stereocenters. The summed E-state index contributed by atoms with van der Waals surface area (Å²) in [5.74, 6) is 0.0523. The van der Waals surface area contributed by atoms with Crippen molar-refractivity contribution in [2.24, 2.45) is 0 Å². The van der Waals surface area contributed by atoms with Crippen LogP contribution in [-0.2, 0) is 14.8 Å². The normalized spacial score (nSPS) is 12.1. The third-order valence-electron chi connectivity index (χ3n) is 4.62. The molecule has 0 aliphatic rings. The summed E-state index contributed by atoms with van der Waals surface area (Å²) >= 11 is 1.12. The van der Waals surface area contributed by atoms with Crippen molar-refractivity contribution in [2.75, 3.05) is 23.0 Å². The first kappa shape index (κ1) is 24.1. The topological polar surface area (TPSA) is 145 Å². The van der Waals surface area contributed by atoms with Crippen molar-refractivity contribution >= 4 is 43.8 Å². The van der Waals surface area contributed by atoms with Gasteiger partial charge in [0.05, 0.1) is 24.0 Å². The molecule has 11 nitrogen and oxygen atoms in total. The molecule has 1 aromatic heterocycles. The monoisotopic (exact) mass is 491 g/mol. The largest absolute Gasteiger partial charge is 0.497 e. The van der Waals surface area contributed by atoms with Crippen molar-refractivity contribution in [3.05, 3.63) is 58.6 Å². The molecule has 2 aromatic carbocycles. The fraction of sp³-hybridized carbons (Fsp3) is 0.250. The lowest BCUT2D eigenvalue weighted by molar-refractivity contribution is -0.384. The van der Waals surface area contributed by atoms with Crippen LogP contribution in [0.25, 0.3) is 10.6 Å². The van der Waals surface area contributed by atoms with Crippen molar-refractivity contribution in [3.63, 3.8) is 0 Å². The number of nitrogens with zero attached hydrogens (tertiary/aromatic N) is 4. The maximum Gasteiger partial charge on any atom is 0.271 e. The number of aromatic nitrogens is 2. The first-order valence-corrected chi connectivity index (χ1v) is 12.3. The molecule has 0 aliphatic heterocycles. The van der Waals surface area contributed by atoms with Crippen LogP contribution in [0.1, 0.15) is 13.3 Å². The Balaban J connectivity index is 1.86. The SMILES string of the molecule is CCC(C(=O)Nc1nnc(-c2ccc(OC)cc2)s1)N(c1cccc([N+](=O)[O-])c1)S(C)(=O)=O. The van der Waals surface area contributed by atoms with Gasteiger partial charge < -0.3 is 4.74 Å². The molecule has 1 unspecified atom stereocenters. The van der Waals surface area contributed by atoms with Gasteiger partial charge in [0.15, 0.2) is 0 Å². The third kappa shape index (κ3) is 5.62. The van der Waals surface area contributed by atoms with Crippen molar-refractivity contribution in [3.8, 4) is 16.3 Å². The second-order valence-electron chi connectivity index (χ2n) is 6.89. The Hall–Kier alpha value is -3.58. The maximum atomic E-state index is 13.0. The average Bonchev–Trinajstić information content (AvgIpc) is 3.24. The molecular weight excluding hydrogens is 470 g/mol. The number of ether oxygens (including phenoxy) is 1. The van der Waals surface area contributed by atoms with Crippen molar-refractivity contribution in [1.82, 2.24) is 10.2 Å². The minimum Gasteiger partial charge on any atom is -0.497 e. The Morgan fingerprint density at radius 2 is 1.94 bits per heavy atom. The van der Waals surface area contributed by atoms with Crippen molar-refractivity contribution in [1.29, 1.82) is 0 Å². The zero-order valence-electron chi connectivity index (χ0n) is 18.0. The van der Waals surface area contributed by atoms with Crippen LogP contribution in [0.15, 0.2) is 48.5 Å². The summed E-state index contributed by atoms with van der Waals surface area (Å²) in [6.07, 6.45) is 1.06. The van der Waals surface area contributed by atoms with E-state index in [1.165, 1.54) is 18.2 Å². The molecule has 33 heavy (non-hydrogen) atoms. The van der Waals surface area contributed by atoms with Crippen molar-refractivity contribution in [2.45, 2.75) is 19.4 Å². The Labute approximate surface area is 194 Å². The molecule has 0 fully saturated rings. The summed E-state index contributed by atoms with van der Waals surface area (Å²) < 4.78 is 31.1. The molecule has 3 aromatic rings. The van der Waals surface area contributed by atoms with Gasteiger partial charge in [0.2, 0.25) is 21.1 Å². The number of anilines is 2. The second-order valence-corrected chi connectivity index (χ2v) is 9.73. The number of hydrogen-bond donors (Lipinski definition) is 1. The molecule has 1 heterocycles. The number of nitro benzene ring substituents is 1. The van der Waals surface area contributed by atoms with E-state index in [9.17, 15) is 23.3 Å². The van der Waals surface area contributed by atoms with E-state index in [0.29, 0.717) is 10.8 Å². The predicted octanol–water partition coefficient (Wildman–Crippen LogP) is 3.31. The van der Waals surface area contributed by atoms with Gasteiger partial charge >= 0.3 is 0 Å². The van der Waals surface area contributed by atoms with Gasteiger partial charge in [-0.15, -0.1) is 10.2 Å². The Bertz CT molecular complexity index is 1260. The Kier molecular flexibility index (Phi) is 7.23.